The molecule has 1 N–H and O–H groups in total. The van der Waals surface area contributed by atoms with Crippen LogP contribution in [0.4, 0.5) is 10.5 Å². The first-order chi connectivity index (χ1) is 17.2. The Balaban J connectivity index is 1.70. The molecule has 1 heterocycles. The number of imide groups is 2. The number of methoxy groups -OCH3 is 1. The fraction of sp³-hybridized carbons (Fsp3) is 0.179. The Bertz CT molecular complexity index is 1410. The number of barbiturate groups is 1. The first kappa shape index (κ1) is 25.0. The number of benzene rings is 3. The van der Waals surface area contributed by atoms with Gasteiger partial charge in [-0.25, -0.2) is 9.69 Å². The van der Waals surface area contributed by atoms with Crippen molar-refractivity contribution in [2.45, 2.75) is 27.4 Å². The zero-order chi connectivity index (χ0) is 26.0. The number of urea groups is 1. The van der Waals surface area contributed by atoms with Crippen LogP contribution >= 0.6 is 11.6 Å². The Hall–Kier alpha value is -4.10. The zero-order valence-corrected chi connectivity index (χ0v) is 21.1. The second kappa shape index (κ2) is 10.3. The quantitative estimate of drug-likeness (QED) is 0.353. The summed E-state index contributed by atoms with van der Waals surface area (Å²) in [5.74, 6) is -0.581. The van der Waals surface area contributed by atoms with Crippen LogP contribution in [0.2, 0.25) is 5.02 Å². The average molecular weight is 505 g/mol. The van der Waals surface area contributed by atoms with Crippen LogP contribution in [0.5, 0.6) is 11.5 Å². The second-order valence-electron chi connectivity index (χ2n) is 8.45. The molecule has 184 valence electrons. The molecule has 0 atom stereocenters. The van der Waals surface area contributed by atoms with Gasteiger partial charge in [-0.1, -0.05) is 35.9 Å². The molecule has 3 aromatic rings. The summed E-state index contributed by atoms with van der Waals surface area (Å²) >= 11 is 6.20. The SMILES string of the molecule is COc1ccc(/C=C2\C(=O)NC(=O)N(c3cccc(Cl)c3C)C2=O)c(OCc2ccc(C)c(C)c2)c1. The molecule has 1 saturated heterocycles. The van der Waals surface area contributed by atoms with Crippen LogP contribution in [0.25, 0.3) is 6.08 Å². The molecule has 0 saturated carbocycles. The topological polar surface area (TPSA) is 84.9 Å². The van der Waals surface area contributed by atoms with Gasteiger partial charge in [-0.15, -0.1) is 0 Å². The number of rotatable bonds is 6. The standard InChI is InChI=1S/C28H25ClN2O5/c1-16-8-9-19(12-17(16)2)15-36-25-14-21(35-4)11-10-20(25)13-22-26(32)30-28(34)31(27(22)33)24-7-5-6-23(29)18(24)3/h5-14H,15H2,1-4H3,(H,30,32,34)/b22-13+. The Morgan fingerprint density at radius 2 is 1.75 bits per heavy atom. The summed E-state index contributed by atoms with van der Waals surface area (Å²) in [5.41, 5.74) is 4.41. The normalized spacial score (nSPS) is 14.8. The molecule has 36 heavy (non-hydrogen) atoms. The fourth-order valence-corrected chi connectivity index (χ4v) is 3.98. The molecule has 3 aromatic carbocycles. The van der Waals surface area contributed by atoms with Crippen LogP contribution in [0.3, 0.4) is 0 Å². The summed E-state index contributed by atoms with van der Waals surface area (Å²) in [6.45, 7) is 6.04. The fourth-order valence-electron chi connectivity index (χ4n) is 3.81. The van der Waals surface area contributed by atoms with Crippen molar-refractivity contribution >= 4 is 41.2 Å². The number of amides is 4. The van der Waals surface area contributed by atoms with Crippen molar-refractivity contribution in [2.75, 3.05) is 12.0 Å². The predicted molar refractivity (Wildman–Crippen MR) is 138 cm³/mol. The Kier molecular flexibility index (Phi) is 7.12. The van der Waals surface area contributed by atoms with Crippen molar-refractivity contribution in [1.29, 1.82) is 0 Å². The van der Waals surface area contributed by atoms with E-state index in [1.54, 1.807) is 43.3 Å². The molecule has 7 nitrogen and oxygen atoms in total. The lowest BCUT2D eigenvalue weighted by molar-refractivity contribution is -0.122. The van der Waals surface area contributed by atoms with E-state index in [4.69, 9.17) is 21.1 Å². The van der Waals surface area contributed by atoms with E-state index >= 15 is 0 Å². The molecule has 0 aromatic heterocycles. The van der Waals surface area contributed by atoms with Crippen LogP contribution in [-0.4, -0.2) is 25.0 Å². The van der Waals surface area contributed by atoms with Crippen molar-refractivity contribution in [2.24, 2.45) is 0 Å². The number of anilines is 1. The van der Waals surface area contributed by atoms with Gasteiger partial charge in [0.15, 0.2) is 0 Å². The Morgan fingerprint density at radius 3 is 2.47 bits per heavy atom. The Labute approximate surface area is 214 Å². The highest BCUT2D eigenvalue weighted by molar-refractivity contribution is 6.40. The molecular weight excluding hydrogens is 480 g/mol. The van der Waals surface area contributed by atoms with Crippen molar-refractivity contribution < 1.29 is 23.9 Å². The molecular formula is C28H25ClN2O5. The second-order valence-corrected chi connectivity index (χ2v) is 8.86. The monoisotopic (exact) mass is 504 g/mol. The van der Waals surface area contributed by atoms with E-state index in [1.807, 2.05) is 32.0 Å². The van der Waals surface area contributed by atoms with E-state index in [0.717, 1.165) is 16.0 Å². The molecule has 1 fully saturated rings. The molecule has 4 amide bonds. The number of carbonyl (C=O) groups is 3. The highest BCUT2D eigenvalue weighted by atomic mass is 35.5. The van der Waals surface area contributed by atoms with Gasteiger partial charge in [0.1, 0.15) is 23.7 Å². The largest absolute Gasteiger partial charge is 0.497 e. The van der Waals surface area contributed by atoms with Crippen LogP contribution in [0.15, 0.2) is 60.2 Å². The van der Waals surface area contributed by atoms with E-state index in [1.165, 1.54) is 18.7 Å². The maximum Gasteiger partial charge on any atom is 0.335 e. The average Bonchev–Trinajstić information content (AvgIpc) is 2.85. The van der Waals surface area contributed by atoms with Crippen LogP contribution in [0, 0.1) is 20.8 Å². The number of hydrogen-bond acceptors (Lipinski definition) is 5. The van der Waals surface area contributed by atoms with Gasteiger partial charge in [0, 0.05) is 16.7 Å². The van der Waals surface area contributed by atoms with Crippen LogP contribution < -0.4 is 19.7 Å². The van der Waals surface area contributed by atoms with Gasteiger partial charge in [0.25, 0.3) is 11.8 Å². The van der Waals surface area contributed by atoms with Crippen molar-refractivity contribution in [3.8, 4) is 11.5 Å². The number of aryl methyl sites for hydroxylation is 2. The molecule has 8 heteroatoms. The number of hydrogen-bond donors (Lipinski definition) is 1. The van der Waals surface area contributed by atoms with Crippen molar-refractivity contribution in [3.05, 3.63) is 93.0 Å². The lowest BCUT2D eigenvalue weighted by Crippen LogP contribution is -2.54. The molecule has 4 rings (SSSR count). The minimum Gasteiger partial charge on any atom is -0.497 e. The minimum atomic E-state index is -0.839. The highest BCUT2D eigenvalue weighted by Gasteiger charge is 2.37. The number of nitrogens with zero attached hydrogens (tertiary/aromatic N) is 1. The van der Waals surface area contributed by atoms with Crippen molar-refractivity contribution in [3.63, 3.8) is 0 Å². The third-order valence-corrected chi connectivity index (χ3v) is 6.48. The summed E-state index contributed by atoms with van der Waals surface area (Å²) in [7, 11) is 1.54. The zero-order valence-electron chi connectivity index (χ0n) is 20.3. The predicted octanol–water partition coefficient (Wildman–Crippen LogP) is 5.52. The first-order valence-electron chi connectivity index (χ1n) is 11.2. The molecule has 1 aliphatic rings. The van der Waals surface area contributed by atoms with Crippen molar-refractivity contribution in [1.82, 2.24) is 5.32 Å². The first-order valence-corrected chi connectivity index (χ1v) is 11.6. The maximum atomic E-state index is 13.4. The van der Waals surface area contributed by atoms with E-state index < -0.39 is 17.8 Å². The smallest absolute Gasteiger partial charge is 0.335 e. The third kappa shape index (κ3) is 4.97. The van der Waals surface area contributed by atoms with Gasteiger partial charge < -0.3 is 9.47 Å². The molecule has 0 bridgehead atoms. The summed E-state index contributed by atoms with van der Waals surface area (Å²) in [4.78, 5) is 39.6. The Morgan fingerprint density at radius 1 is 0.972 bits per heavy atom. The minimum absolute atomic E-state index is 0.213. The number of ether oxygens (including phenoxy) is 2. The molecule has 0 aliphatic carbocycles. The molecule has 1 aliphatic heterocycles. The number of carbonyl (C=O) groups excluding carboxylic acids is 3. The highest BCUT2D eigenvalue weighted by Crippen LogP contribution is 2.32. The molecule has 0 spiro atoms. The maximum absolute atomic E-state index is 13.4. The number of halogens is 1. The molecule has 0 radical (unpaired) electrons. The molecule has 0 unspecified atom stereocenters. The lowest BCUT2D eigenvalue weighted by Gasteiger charge is -2.28. The third-order valence-electron chi connectivity index (χ3n) is 6.07. The summed E-state index contributed by atoms with van der Waals surface area (Å²) in [6.07, 6.45) is 1.41. The van der Waals surface area contributed by atoms with Gasteiger partial charge in [-0.05, 0) is 73.4 Å². The van der Waals surface area contributed by atoms with Gasteiger partial charge in [0.05, 0.1) is 12.8 Å². The summed E-state index contributed by atoms with van der Waals surface area (Å²) in [5, 5.41) is 2.63. The lowest BCUT2D eigenvalue weighted by atomic mass is 10.0. The van der Waals surface area contributed by atoms with E-state index in [-0.39, 0.29) is 12.2 Å². The van der Waals surface area contributed by atoms with Gasteiger partial charge in [-0.2, -0.15) is 0 Å². The van der Waals surface area contributed by atoms with E-state index in [9.17, 15) is 14.4 Å². The summed E-state index contributed by atoms with van der Waals surface area (Å²) in [6, 6.07) is 15.2. The van der Waals surface area contributed by atoms with Crippen LogP contribution in [0.1, 0.15) is 27.8 Å². The van der Waals surface area contributed by atoms with E-state index in [2.05, 4.69) is 5.32 Å². The van der Waals surface area contributed by atoms with Gasteiger partial charge >= 0.3 is 6.03 Å². The van der Waals surface area contributed by atoms with E-state index in [0.29, 0.717) is 33.3 Å². The van der Waals surface area contributed by atoms with Gasteiger partial charge in [0.2, 0.25) is 0 Å². The van der Waals surface area contributed by atoms with Crippen LogP contribution in [-0.2, 0) is 16.2 Å². The van der Waals surface area contributed by atoms with Gasteiger partial charge in [-0.3, -0.25) is 14.9 Å². The summed E-state index contributed by atoms with van der Waals surface area (Å²) < 4.78 is 11.4. The number of nitrogens with one attached hydrogen (secondary N) is 1.